The summed E-state index contributed by atoms with van der Waals surface area (Å²) in [5, 5.41) is 22.6. The number of hydrogen-bond acceptors (Lipinski definition) is 4. The highest BCUT2D eigenvalue weighted by molar-refractivity contribution is 6.48. The van der Waals surface area contributed by atoms with Gasteiger partial charge in [0.1, 0.15) is 5.76 Å². The van der Waals surface area contributed by atoms with Crippen LogP contribution in [0, 0.1) is 10.8 Å². The number of rotatable bonds is 2. The van der Waals surface area contributed by atoms with Gasteiger partial charge in [0.05, 0.1) is 17.1 Å². The molecule has 0 heterocycles. The van der Waals surface area contributed by atoms with Crippen molar-refractivity contribution in [3.8, 4) is 0 Å². The highest BCUT2D eigenvalue weighted by atomic mass is 16.3. The Morgan fingerprint density at radius 2 is 1.69 bits per heavy atom. The first kappa shape index (κ1) is 13.6. The van der Waals surface area contributed by atoms with Crippen LogP contribution < -0.4 is 5.73 Å². The van der Waals surface area contributed by atoms with Crippen LogP contribution in [0.3, 0.4) is 0 Å². The predicted molar refractivity (Wildman–Crippen MR) is 68.0 cm³/mol. The summed E-state index contributed by atoms with van der Waals surface area (Å²) >= 11 is 0. The third-order valence-electron chi connectivity index (χ3n) is 1.56. The van der Waals surface area contributed by atoms with Gasteiger partial charge < -0.3 is 10.8 Å². The van der Waals surface area contributed by atoms with Gasteiger partial charge in [0.2, 0.25) is 0 Å². The second-order valence-electron chi connectivity index (χ2n) is 2.85. The molecule has 1 aliphatic carbocycles. The normalized spacial score (nSPS) is 14.1. The highest BCUT2D eigenvalue weighted by Gasteiger charge is 1.97. The van der Waals surface area contributed by atoms with Crippen LogP contribution in [0.4, 0.5) is 0 Å². The van der Waals surface area contributed by atoms with E-state index in [1.165, 1.54) is 12.2 Å². The number of nitrogens with two attached hydrogens (primary N) is 1. The predicted octanol–water partition coefficient (Wildman–Crippen LogP) is 2.24. The van der Waals surface area contributed by atoms with E-state index >= 15 is 0 Å². The Hall–Kier alpha value is -2.36. The lowest BCUT2D eigenvalue weighted by atomic mass is 10.1. The maximum absolute atomic E-state index is 8.52. The Labute approximate surface area is 94.8 Å². The second-order valence-corrected chi connectivity index (χ2v) is 2.85. The number of hydrogen-bond donors (Lipinski definition) is 4. The van der Waals surface area contributed by atoms with E-state index in [2.05, 4.69) is 13.2 Å². The summed E-state index contributed by atoms with van der Waals surface area (Å²) in [6, 6.07) is 0. The molecule has 0 aromatic heterocycles. The second kappa shape index (κ2) is 7.00. The Morgan fingerprint density at radius 3 is 1.88 bits per heavy atom. The van der Waals surface area contributed by atoms with Gasteiger partial charge in [-0.3, -0.25) is 10.8 Å². The van der Waals surface area contributed by atoms with Crippen LogP contribution in [0.2, 0.25) is 0 Å². The Morgan fingerprint density at radius 1 is 1.25 bits per heavy atom. The van der Waals surface area contributed by atoms with Crippen molar-refractivity contribution in [1.29, 1.82) is 10.8 Å². The van der Waals surface area contributed by atoms with Crippen LogP contribution in [0.1, 0.15) is 0 Å². The quantitative estimate of drug-likeness (QED) is 0.324. The molecule has 16 heavy (non-hydrogen) atoms. The summed E-state index contributed by atoms with van der Waals surface area (Å²) in [6.45, 7) is 6.56. The van der Waals surface area contributed by atoms with Crippen molar-refractivity contribution in [2.75, 3.05) is 0 Å². The number of aliphatic hydroxyl groups is 1. The summed E-state index contributed by atoms with van der Waals surface area (Å²) in [4.78, 5) is 0. The molecule has 0 aromatic rings. The van der Waals surface area contributed by atoms with Crippen molar-refractivity contribution in [1.82, 2.24) is 0 Å². The summed E-state index contributed by atoms with van der Waals surface area (Å²) < 4.78 is 0. The first-order valence-electron chi connectivity index (χ1n) is 4.47. The monoisotopic (exact) mass is 217 g/mol. The average Bonchev–Trinajstić information content (AvgIpc) is 2.24. The minimum atomic E-state index is -0.120. The number of aliphatic hydroxyl groups excluding tert-OH is 1. The molecular formula is C12H15N3O. The Bertz CT molecular complexity index is 378. The summed E-state index contributed by atoms with van der Waals surface area (Å²) in [5.41, 5.74) is 5.99. The molecule has 0 spiro atoms. The third kappa shape index (κ3) is 5.39. The van der Waals surface area contributed by atoms with Crippen molar-refractivity contribution in [3.63, 3.8) is 0 Å². The standard InChI is InChI=1S/C6H6N2.C6H9NO/c7-5-3-1-2-4-6(5)8;1-3-4-6(7)5(2)8/h1-4,7-8H;3-4,8H,1-2,7H2/b;6-4+. The SMILES string of the molecule is C=C/C=C(/N)C(=C)O.N=C1C=CC=CC1=N. The minimum Gasteiger partial charge on any atom is -0.506 e. The van der Waals surface area contributed by atoms with Gasteiger partial charge in [-0.15, -0.1) is 0 Å². The van der Waals surface area contributed by atoms with Crippen molar-refractivity contribution < 1.29 is 5.11 Å². The smallest absolute Gasteiger partial charge is 0.131 e. The lowest BCUT2D eigenvalue weighted by Crippen LogP contribution is -2.06. The van der Waals surface area contributed by atoms with E-state index in [9.17, 15) is 0 Å². The zero-order valence-electron chi connectivity index (χ0n) is 8.90. The molecular weight excluding hydrogens is 202 g/mol. The van der Waals surface area contributed by atoms with Gasteiger partial charge in [-0.05, 0) is 18.2 Å². The molecule has 4 heteroatoms. The molecule has 0 aliphatic heterocycles. The molecule has 0 saturated carbocycles. The van der Waals surface area contributed by atoms with Gasteiger partial charge in [-0.2, -0.15) is 0 Å². The molecule has 84 valence electrons. The molecule has 0 aromatic carbocycles. The molecule has 0 unspecified atom stereocenters. The first-order chi connectivity index (χ1) is 7.49. The topological polar surface area (TPSA) is 93.9 Å². The zero-order valence-corrected chi connectivity index (χ0v) is 8.90. The summed E-state index contributed by atoms with van der Waals surface area (Å²) in [6.07, 6.45) is 9.66. The van der Waals surface area contributed by atoms with E-state index in [-0.39, 0.29) is 22.9 Å². The molecule has 5 N–H and O–H groups in total. The molecule has 0 radical (unpaired) electrons. The molecule has 0 bridgehead atoms. The molecule has 0 atom stereocenters. The fraction of sp³-hybridized carbons (Fsp3) is 0. The van der Waals surface area contributed by atoms with Crippen LogP contribution in [0.15, 0.2) is 61.1 Å². The van der Waals surface area contributed by atoms with Gasteiger partial charge in [0.15, 0.2) is 0 Å². The fourth-order valence-electron chi connectivity index (χ4n) is 0.706. The van der Waals surface area contributed by atoms with E-state index in [1.807, 2.05) is 0 Å². The van der Waals surface area contributed by atoms with Crippen LogP contribution in [0.25, 0.3) is 0 Å². The number of allylic oxidation sites excluding steroid dienone is 6. The van der Waals surface area contributed by atoms with Gasteiger partial charge in [-0.25, -0.2) is 0 Å². The van der Waals surface area contributed by atoms with E-state index in [1.54, 1.807) is 24.3 Å². The van der Waals surface area contributed by atoms with Gasteiger partial charge >= 0.3 is 0 Å². The minimum absolute atomic E-state index is 0.120. The molecule has 0 saturated heterocycles. The van der Waals surface area contributed by atoms with Gasteiger partial charge in [0.25, 0.3) is 0 Å². The maximum atomic E-state index is 8.52. The molecule has 4 nitrogen and oxygen atoms in total. The lowest BCUT2D eigenvalue weighted by Gasteiger charge is -1.96. The van der Waals surface area contributed by atoms with Crippen LogP contribution >= 0.6 is 0 Å². The Balaban J connectivity index is 0.000000281. The van der Waals surface area contributed by atoms with Crippen LogP contribution in [0.5, 0.6) is 0 Å². The van der Waals surface area contributed by atoms with E-state index in [0.29, 0.717) is 0 Å². The van der Waals surface area contributed by atoms with E-state index in [0.717, 1.165) is 0 Å². The summed E-state index contributed by atoms with van der Waals surface area (Å²) in [5.74, 6) is -0.120. The van der Waals surface area contributed by atoms with Crippen molar-refractivity contribution in [3.05, 3.63) is 61.1 Å². The van der Waals surface area contributed by atoms with Crippen molar-refractivity contribution in [2.45, 2.75) is 0 Å². The molecule has 1 aliphatic rings. The largest absolute Gasteiger partial charge is 0.506 e. The van der Waals surface area contributed by atoms with E-state index < -0.39 is 0 Å². The Kier molecular flexibility index (Phi) is 5.97. The van der Waals surface area contributed by atoms with Crippen molar-refractivity contribution >= 4 is 11.4 Å². The van der Waals surface area contributed by atoms with Crippen LogP contribution in [-0.4, -0.2) is 16.5 Å². The van der Waals surface area contributed by atoms with Crippen molar-refractivity contribution in [2.24, 2.45) is 5.73 Å². The highest BCUT2D eigenvalue weighted by Crippen LogP contribution is 1.93. The molecule has 0 fully saturated rings. The zero-order chi connectivity index (χ0) is 12.6. The molecule has 0 amide bonds. The average molecular weight is 217 g/mol. The number of nitrogens with one attached hydrogen (secondary N) is 2. The van der Waals surface area contributed by atoms with Gasteiger partial charge in [-0.1, -0.05) is 31.4 Å². The first-order valence-corrected chi connectivity index (χ1v) is 4.47. The lowest BCUT2D eigenvalue weighted by molar-refractivity contribution is 0.425. The maximum Gasteiger partial charge on any atom is 0.131 e. The third-order valence-corrected chi connectivity index (χ3v) is 1.56. The van der Waals surface area contributed by atoms with Crippen LogP contribution in [-0.2, 0) is 0 Å². The molecule has 1 rings (SSSR count). The fourth-order valence-corrected chi connectivity index (χ4v) is 0.706. The van der Waals surface area contributed by atoms with Gasteiger partial charge in [0, 0.05) is 0 Å². The van der Waals surface area contributed by atoms with E-state index in [4.69, 9.17) is 21.7 Å². The summed E-state index contributed by atoms with van der Waals surface area (Å²) in [7, 11) is 0.